The van der Waals surface area contributed by atoms with Gasteiger partial charge in [0.15, 0.2) is 0 Å². The Morgan fingerprint density at radius 3 is 2.81 bits per heavy atom. The molecule has 2 rings (SSSR count). The van der Waals surface area contributed by atoms with Gasteiger partial charge in [0.2, 0.25) is 5.91 Å². The molecule has 92 valence electrons. The molecule has 0 aromatic carbocycles. The first-order valence-corrected chi connectivity index (χ1v) is 6.18. The maximum Gasteiger partial charge on any atom is 0.235 e. The molecule has 0 radical (unpaired) electrons. The topological polar surface area (TPSA) is 75.6 Å². The molecule has 5 heteroatoms. The van der Waals surface area contributed by atoms with Crippen molar-refractivity contribution in [2.45, 2.75) is 31.3 Å². The Bertz CT molecular complexity index is 258. The molecule has 0 bridgehead atoms. The highest BCUT2D eigenvalue weighted by Gasteiger charge is 2.29. The largest absolute Gasteiger partial charge is 0.368 e. The number of amides is 1. The van der Waals surface area contributed by atoms with Crippen molar-refractivity contribution >= 4 is 5.91 Å². The first-order chi connectivity index (χ1) is 7.66. The molecule has 2 aliphatic heterocycles. The lowest BCUT2D eigenvalue weighted by atomic mass is 10.2. The van der Waals surface area contributed by atoms with Crippen molar-refractivity contribution in [3.8, 4) is 0 Å². The van der Waals surface area contributed by atoms with E-state index in [2.05, 4.69) is 9.80 Å². The predicted octanol–water partition coefficient (Wildman–Crippen LogP) is -1.03. The molecule has 4 N–H and O–H groups in total. The molecule has 0 saturated carbocycles. The SMILES string of the molecule is NC(=O)C(N)CN1CCCN2CCCC2C1. The monoisotopic (exact) mass is 226 g/mol. The molecule has 2 heterocycles. The summed E-state index contributed by atoms with van der Waals surface area (Å²) < 4.78 is 0. The van der Waals surface area contributed by atoms with Gasteiger partial charge in [0, 0.05) is 19.1 Å². The Morgan fingerprint density at radius 1 is 1.31 bits per heavy atom. The van der Waals surface area contributed by atoms with Crippen LogP contribution < -0.4 is 11.5 Å². The molecular formula is C11H22N4O. The number of carbonyl (C=O) groups is 1. The zero-order valence-corrected chi connectivity index (χ0v) is 9.77. The van der Waals surface area contributed by atoms with Crippen molar-refractivity contribution in [1.82, 2.24) is 9.80 Å². The van der Waals surface area contributed by atoms with Gasteiger partial charge in [-0.3, -0.25) is 14.6 Å². The number of rotatable bonds is 3. The van der Waals surface area contributed by atoms with Crippen LogP contribution in [0.5, 0.6) is 0 Å². The third-order valence-corrected chi connectivity index (χ3v) is 3.71. The zero-order valence-electron chi connectivity index (χ0n) is 9.77. The van der Waals surface area contributed by atoms with Gasteiger partial charge in [-0.2, -0.15) is 0 Å². The fourth-order valence-electron chi connectivity index (χ4n) is 2.82. The molecule has 2 atom stereocenters. The number of hydrogen-bond donors (Lipinski definition) is 2. The van der Waals surface area contributed by atoms with Crippen molar-refractivity contribution in [1.29, 1.82) is 0 Å². The quantitative estimate of drug-likeness (QED) is 0.645. The van der Waals surface area contributed by atoms with Crippen molar-refractivity contribution in [2.24, 2.45) is 11.5 Å². The number of carbonyl (C=O) groups excluding carboxylic acids is 1. The van der Waals surface area contributed by atoms with Crippen LogP contribution in [0.3, 0.4) is 0 Å². The fourth-order valence-corrected chi connectivity index (χ4v) is 2.82. The predicted molar refractivity (Wildman–Crippen MR) is 62.8 cm³/mol. The molecule has 0 aromatic rings. The zero-order chi connectivity index (χ0) is 11.5. The van der Waals surface area contributed by atoms with E-state index in [1.807, 2.05) is 0 Å². The van der Waals surface area contributed by atoms with E-state index in [9.17, 15) is 4.79 Å². The lowest BCUT2D eigenvalue weighted by molar-refractivity contribution is -0.119. The molecule has 1 amide bonds. The van der Waals surface area contributed by atoms with Crippen LogP contribution in [0.1, 0.15) is 19.3 Å². The molecule has 2 unspecified atom stereocenters. The summed E-state index contributed by atoms with van der Waals surface area (Å²) in [6, 6.07) is 0.149. The van der Waals surface area contributed by atoms with E-state index < -0.39 is 11.9 Å². The minimum atomic E-state index is -0.520. The van der Waals surface area contributed by atoms with Gasteiger partial charge in [0.05, 0.1) is 6.04 Å². The van der Waals surface area contributed by atoms with Crippen LogP contribution in [0, 0.1) is 0 Å². The highest BCUT2D eigenvalue weighted by atomic mass is 16.1. The van der Waals surface area contributed by atoms with Crippen LogP contribution in [0.2, 0.25) is 0 Å². The molecule has 2 fully saturated rings. The molecule has 2 saturated heterocycles. The van der Waals surface area contributed by atoms with Crippen molar-refractivity contribution in [3.05, 3.63) is 0 Å². The van der Waals surface area contributed by atoms with E-state index in [4.69, 9.17) is 11.5 Å². The van der Waals surface area contributed by atoms with E-state index in [0.717, 1.165) is 13.1 Å². The normalized spacial score (nSPS) is 29.7. The molecule has 0 aliphatic carbocycles. The second-order valence-corrected chi connectivity index (χ2v) is 4.95. The summed E-state index contributed by atoms with van der Waals surface area (Å²) >= 11 is 0. The minimum Gasteiger partial charge on any atom is -0.368 e. The fraction of sp³-hybridized carbons (Fsp3) is 0.909. The van der Waals surface area contributed by atoms with Gasteiger partial charge in [0.1, 0.15) is 0 Å². The van der Waals surface area contributed by atoms with Crippen molar-refractivity contribution < 1.29 is 4.79 Å². The summed E-state index contributed by atoms with van der Waals surface area (Å²) in [5, 5.41) is 0. The summed E-state index contributed by atoms with van der Waals surface area (Å²) in [6.45, 7) is 5.11. The number of fused-ring (bicyclic) bond motifs is 1. The van der Waals surface area contributed by atoms with Gasteiger partial charge < -0.3 is 11.5 Å². The Morgan fingerprint density at radius 2 is 2.06 bits per heavy atom. The summed E-state index contributed by atoms with van der Waals surface area (Å²) in [5.74, 6) is -0.396. The average molecular weight is 226 g/mol. The Balaban J connectivity index is 1.88. The van der Waals surface area contributed by atoms with Gasteiger partial charge in [-0.25, -0.2) is 0 Å². The molecule has 0 aromatic heterocycles. The van der Waals surface area contributed by atoms with Crippen LogP contribution in [0.25, 0.3) is 0 Å². The van der Waals surface area contributed by atoms with Crippen molar-refractivity contribution in [2.75, 3.05) is 32.7 Å². The van der Waals surface area contributed by atoms with Gasteiger partial charge in [-0.15, -0.1) is 0 Å². The van der Waals surface area contributed by atoms with Crippen molar-refractivity contribution in [3.63, 3.8) is 0 Å². The summed E-state index contributed by atoms with van der Waals surface area (Å²) in [7, 11) is 0. The maximum absolute atomic E-state index is 10.9. The minimum absolute atomic E-state index is 0.396. The van der Waals surface area contributed by atoms with Gasteiger partial charge in [-0.05, 0) is 38.9 Å². The molecular weight excluding hydrogens is 204 g/mol. The Hall–Kier alpha value is -0.650. The number of nitrogens with zero attached hydrogens (tertiary/aromatic N) is 2. The van der Waals surface area contributed by atoms with Crippen LogP contribution in [-0.4, -0.2) is 60.5 Å². The lowest BCUT2D eigenvalue weighted by Crippen LogP contribution is -2.48. The highest BCUT2D eigenvalue weighted by molar-refractivity contribution is 5.79. The number of nitrogens with two attached hydrogens (primary N) is 2. The van der Waals surface area contributed by atoms with E-state index in [-0.39, 0.29) is 0 Å². The second kappa shape index (κ2) is 5.12. The van der Waals surface area contributed by atoms with Gasteiger partial charge >= 0.3 is 0 Å². The maximum atomic E-state index is 10.9. The van der Waals surface area contributed by atoms with E-state index in [1.165, 1.54) is 32.4 Å². The van der Waals surface area contributed by atoms with E-state index in [0.29, 0.717) is 12.6 Å². The highest BCUT2D eigenvalue weighted by Crippen LogP contribution is 2.21. The van der Waals surface area contributed by atoms with E-state index in [1.54, 1.807) is 0 Å². The summed E-state index contributed by atoms with van der Waals surface area (Å²) in [5.41, 5.74) is 10.9. The third-order valence-electron chi connectivity index (χ3n) is 3.71. The van der Waals surface area contributed by atoms with Crippen LogP contribution in [0.15, 0.2) is 0 Å². The first kappa shape index (κ1) is 11.8. The standard InChI is InChI=1S/C11H22N4O/c12-10(11(13)16)8-14-4-2-6-15-5-1-3-9(15)7-14/h9-10H,1-8,12H2,(H2,13,16). The van der Waals surface area contributed by atoms with Crippen LogP contribution in [0.4, 0.5) is 0 Å². The first-order valence-electron chi connectivity index (χ1n) is 6.18. The van der Waals surface area contributed by atoms with Gasteiger partial charge in [-0.1, -0.05) is 0 Å². The van der Waals surface area contributed by atoms with Crippen LogP contribution in [-0.2, 0) is 4.79 Å². The van der Waals surface area contributed by atoms with E-state index >= 15 is 0 Å². The smallest absolute Gasteiger partial charge is 0.235 e. The third kappa shape index (κ3) is 2.72. The lowest BCUT2D eigenvalue weighted by Gasteiger charge is -2.26. The Labute approximate surface area is 96.7 Å². The molecule has 2 aliphatic rings. The van der Waals surface area contributed by atoms with Crippen LogP contribution >= 0.6 is 0 Å². The van der Waals surface area contributed by atoms with Gasteiger partial charge in [0.25, 0.3) is 0 Å². The Kier molecular flexibility index (Phi) is 3.78. The average Bonchev–Trinajstić information content (AvgIpc) is 2.57. The molecule has 16 heavy (non-hydrogen) atoms. The molecule has 0 spiro atoms. The summed E-state index contributed by atoms with van der Waals surface area (Å²) in [6.07, 6.45) is 3.75. The number of hydrogen-bond acceptors (Lipinski definition) is 4. The second-order valence-electron chi connectivity index (χ2n) is 4.95. The summed E-state index contributed by atoms with van der Waals surface area (Å²) in [4.78, 5) is 15.8. The number of primary amides is 1. The molecule has 5 nitrogen and oxygen atoms in total.